The molecule has 1 aromatic heterocycles. The summed E-state index contributed by atoms with van der Waals surface area (Å²) < 4.78 is 5.70. The van der Waals surface area contributed by atoms with Gasteiger partial charge >= 0.3 is 0 Å². The number of hydrogen-bond donors (Lipinski definition) is 1. The number of aromatic nitrogens is 1. The second kappa shape index (κ2) is 7.82. The summed E-state index contributed by atoms with van der Waals surface area (Å²) in [6.07, 6.45) is 3.21. The number of fused-ring (bicyclic) bond motifs is 1. The van der Waals surface area contributed by atoms with Gasteiger partial charge in [0.2, 0.25) is 0 Å². The van der Waals surface area contributed by atoms with Gasteiger partial charge in [-0.15, -0.1) is 0 Å². The zero-order valence-electron chi connectivity index (χ0n) is 14.4. The number of aryl methyl sites for hydroxylation is 1. The Hall–Kier alpha value is -2.55. The molecule has 1 heterocycles. The highest BCUT2D eigenvalue weighted by Gasteiger charge is 2.03. The minimum absolute atomic E-state index is 0.773. The molecule has 124 valence electrons. The predicted molar refractivity (Wildman–Crippen MR) is 101 cm³/mol. The van der Waals surface area contributed by atoms with Crippen molar-refractivity contribution in [3.8, 4) is 5.75 Å². The standard InChI is InChI=1S/C21H24N2O/c1-3-5-15-24-19-12-10-18(11-13-19)22-20-14-9-17-8-6-7-16(4-2)21(17)23-20/h6-14H,3-5,15H2,1-2H3,(H,22,23). The molecule has 0 amide bonds. The highest BCUT2D eigenvalue weighted by atomic mass is 16.5. The molecule has 0 fully saturated rings. The Morgan fingerprint density at radius 3 is 2.54 bits per heavy atom. The third kappa shape index (κ3) is 3.85. The largest absolute Gasteiger partial charge is 0.494 e. The van der Waals surface area contributed by atoms with Gasteiger partial charge in [-0.05, 0) is 54.8 Å². The molecule has 0 saturated heterocycles. The molecular weight excluding hydrogens is 296 g/mol. The zero-order chi connectivity index (χ0) is 16.8. The molecule has 1 N–H and O–H groups in total. The molecule has 24 heavy (non-hydrogen) atoms. The number of rotatable bonds is 7. The maximum Gasteiger partial charge on any atom is 0.131 e. The van der Waals surface area contributed by atoms with Crippen LogP contribution < -0.4 is 10.1 Å². The number of pyridine rings is 1. The summed E-state index contributed by atoms with van der Waals surface area (Å²) in [6.45, 7) is 5.10. The minimum Gasteiger partial charge on any atom is -0.494 e. The van der Waals surface area contributed by atoms with Gasteiger partial charge in [-0.1, -0.05) is 38.5 Å². The number of benzene rings is 2. The number of hydrogen-bond acceptors (Lipinski definition) is 3. The lowest BCUT2D eigenvalue weighted by Gasteiger charge is -2.10. The van der Waals surface area contributed by atoms with E-state index in [4.69, 9.17) is 9.72 Å². The maximum atomic E-state index is 5.70. The van der Waals surface area contributed by atoms with E-state index in [1.165, 1.54) is 10.9 Å². The lowest BCUT2D eigenvalue weighted by molar-refractivity contribution is 0.309. The molecule has 0 atom stereocenters. The molecule has 3 nitrogen and oxygen atoms in total. The van der Waals surface area contributed by atoms with Crippen LogP contribution >= 0.6 is 0 Å². The SMILES string of the molecule is CCCCOc1ccc(Nc2ccc3cccc(CC)c3n2)cc1. The van der Waals surface area contributed by atoms with E-state index in [0.717, 1.165) is 48.6 Å². The highest BCUT2D eigenvalue weighted by Crippen LogP contribution is 2.23. The molecule has 0 spiro atoms. The van der Waals surface area contributed by atoms with Gasteiger partial charge in [0.25, 0.3) is 0 Å². The van der Waals surface area contributed by atoms with Crippen LogP contribution in [0.2, 0.25) is 0 Å². The zero-order valence-corrected chi connectivity index (χ0v) is 14.4. The van der Waals surface area contributed by atoms with E-state index in [1.807, 2.05) is 30.3 Å². The van der Waals surface area contributed by atoms with Crippen LogP contribution in [0.3, 0.4) is 0 Å². The van der Waals surface area contributed by atoms with Crippen molar-refractivity contribution in [2.45, 2.75) is 33.1 Å². The monoisotopic (exact) mass is 320 g/mol. The highest BCUT2D eigenvalue weighted by molar-refractivity contribution is 5.83. The van der Waals surface area contributed by atoms with Gasteiger partial charge in [0.15, 0.2) is 0 Å². The number of para-hydroxylation sites is 1. The molecule has 3 aromatic rings. The molecule has 2 aromatic carbocycles. The first-order valence-electron chi connectivity index (χ1n) is 8.68. The number of unbranched alkanes of at least 4 members (excludes halogenated alkanes) is 1. The van der Waals surface area contributed by atoms with Gasteiger partial charge in [-0.25, -0.2) is 4.98 Å². The average Bonchev–Trinajstić information content (AvgIpc) is 2.63. The number of anilines is 2. The Morgan fingerprint density at radius 2 is 1.79 bits per heavy atom. The Kier molecular flexibility index (Phi) is 5.32. The van der Waals surface area contributed by atoms with E-state index >= 15 is 0 Å². The second-order valence-corrected chi connectivity index (χ2v) is 5.89. The van der Waals surface area contributed by atoms with Gasteiger partial charge < -0.3 is 10.1 Å². The maximum absolute atomic E-state index is 5.70. The third-order valence-electron chi connectivity index (χ3n) is 4.08. The molecule has 3 rings (SSSR count). The summed E-state index contributed by atoms with van der Waals surface area (Å²) in [7, 11) is 0. The van der Waals surface area contributed by atoms with Crippen LogP contribution in [-0.2, 0) is 6.42 Å². The van der Waals surface area contributed by atoms with E-state index in [1.54, 1.807) is 0 Å². The van der Waals surface area contributed by atoms with Gasteiger partial charge in [-0.2, -0.15) is 0 Å². The van der Waals surface area contributed by atoms with E-state index in [0.29, 0.717) is 0 Å². The van der Waals surface area contributed by atoms with Crippen LogP contribution in [0, 0.1) is 0 Å². The fraction of sp³-hybridized carbons (Fsp3) is 0.286. The molecule has 0 radical (unpaired) electrons. The first-order valence-corrected chi connectivity index (χ1v) is 8.68. The van der Waals surface area contributed by atoms with Crippen molar-refractivity contribution >= 4 is 22.4 Å². The number of nitrogens with one attached hydrogen (secondary N) is 1. The van der Waals surface area contributed by atoms with Crippen LogP contribution in [0.5, 0.6) is 5.75 Å². The van der Waals surface area contributed by atoms with Crippen molar-refractivity contribution in [1.29, 1.82) is 0 Å². The van der Waals surface area contributed by atoms with Crippen molar-refractivity contribution in [3.05, 3.63) is 60.2 Å². The van der Waals surface area contributed by atoms with Crippen LogP contribution in [0.15, 0.2) is 54.6 Å². The summed E-state index contributed by atoms with van der Waals surface area (Å²) >= 11 is 0. The summed E-state index contributed by atoms with van der Waals surface area (Å²) in [5, 5.41) is 4.56. The van der Waals surface area contributed by atoms with Crippen molar-refractivity contribution in [1.82, 2.24) is 4.98 Å². The lowest BCUT2D eigenvalue weighted by atomic mass is 10.1. The van der Waals surface area contributed by atoms with E-state index in [9.17, 15) is 0 Å². The predicted octanol–water partition coefficient (Wildman–Crippen LogP) is 5.72. The van der Waals surface area contributed by atoms with Crippen LogP contribution in [0.1, 0.15) is 32.3 Å². The molecule has 3 heteroatoms. The summed E-state index contributed by atoms with van der Waals surface area (Å²) in [5.41, 5.74) is 3.36. The Morgan fingerprint density at radius 1 is 0.958 bits per heavy atom. The normalized spacial score (nSPS) is 10.8. The van der Waals surface area contributed by atoms with Crippen molar-refractivity contribution < 1.29 is 4.74 Å². The Bertz CT molecular complexity index is 797. The smallest absolute Gasteiger partial charge is 0.131 e. The first kappa shape index (κ1) is 16.3. The fourth-order valence-corrected chi connectivity index (χ4v) is 2.68. The summed E-state index contributed by atoms with van der Waals surface area (Å²) in [5.74, 6) is 1.77. The molecule has 0 aliphatic rings. The van der Waals surface area contributed by atoms with Crippen molar-refractivity contribution in [2.75, 3.05) is 11.9 Å². The Labute approximate surface area is 143 Å². The molecule has 0 aliphatic carbocycles. The summed E-state index contributed by atoms with van der Waals surface area (Å²) in [6, 6.07) is 18.5. The molecule has 0 saturated carbocycles. The first-order chi connectivity index (χ1) is 11.8. The number of ether oxygens (including phenoxy) is 1. The van der Waals surface area contributed by atoms with Gasteiger partial charge in [0.1, 0.15) is 11.6 Å². The van der Waals surface area contributed by atoms with Gasteiger partial charge in [0, 0.05) is 11.1 Å². The van der Waals surface area contributed by atoms with Crippen LogP contribution in [0.25, 0.3) is 10.9 Å². The lowest BCUT2D eigenvalue weighted by Crippen LogP contribution is -1.97. The van der Waals surface area contributed by atoms with Crippen LogP contribution in [-0.4, -0.2) is 11.6 Å². The fourth-order valence-electron chi connectivity index (χ4n) is 2.68. The van der Waals surface area contributed by atoms with Crippen molar-refractivity contribution in [3.63, 3.8) is 0 Å². The summed E-state index contributed by atoms with van der Waals surface area (Å²) in [4.78, 5) is 4.78. The van der Waals surface area contributed by atoms with Crippen LogP contribution in [0.4, 0.5) is 11.5 Å². The second-order valence-electron chi connectivity index (χ2n) is 5.89. The van der Waals surface area contributed by atoms with E-state index in [2.05, 4.69) is 43.4 Å². The topological polar surface area (TPSA) is 34.1 Å². The molecule has 0 unspecified atom stereocenters. The van der Waals surface area contributed by atoms with Gasteiger partial charge in [0.05, 0.1) is 12.1 Å². The quantitative estimate of drug-likeness (QED) is 0.565. The van der Waals surface area contributed by atoms with E-state index in [-0.39, 0.29) is 0 Å². The Balaban J connectivity index is 1.74. The number of nitrogens with zero attached hydrogens (tertiary/aromatic N) is 1. The molecular formula is C21H24N2O. The van der Waals surface area contributed by atoms with Gasteiger partial charge in [-0.3, -0.25) is 0 Å². The third-order valence-corrected chi connectivity index (χ3v) is 4.08. The average molecular weight is 320 g/mol. The molecule has 0 bridgehead atoms. The van der Waals surface area contributed by atoms with Crippen molar-refractivity contribution in [2.24, 2.45) is 0 Å². The minimum atomic E-state index is 0.773. The molecule has 0 aliphatic heterocycles. The van der Waals surface area contributed by atoms with E-state index < -0.39 is 0 Å².